The number of aliphatic carboxylic acids is 1. The highest BCUT2D eigenvalue weighted by Crippen LogP contribution is 2.02. The lowest BCUT2D eigenvalue weighted by molar-refractivity contribution is -0.139. The van der Waals surface area contributed by atoms with Crippen molar-refractivity contribution in [1.29, 1.82) is 0 Å². The largest absolute Gasteiger partial charge is 0.480 e. The molecule has 0 bridgehead atoms. The van der Waals surface area contributed by atoms with Crippen LogP contribution in [-0.4, -0.2) is 34.0 Å². The summed E-state index contributed by atoms with van der Waals surface area (Å²) in [5, 5.41) is 9.55. The normalized spacial score (nSPS) is 9.92. The second-order valence-electron chi connectivity index (χ2n) is 2.07. The summed E-state index contributed by atoms with van der Waals surface area (Å²) in [5.74, 6) is -1.11. The Morgan fingerprint density at radius 1 is 1.54 bits per heavy atom. The smallest absolute Gasteiger partial charge is 0.323 e. The fraction of sp³-hybridized carbons (Fsp3) is 0.286. The third-order valence-corrected chi connectivity index (χ3v) is 1.53. The van der Waals surface area contributed by atoms with Gasteiger partial charge in [0.1, 0.15) is 6.54 Å². The monoisotopic (exact) mass is 203 g/mol. The van der Waals surface area contributed by atoms with E-state index in [1.165, 1.54) is 18.5 Å². The van der Waals surface area contributed by atoms with Crippen molar-refractivity contribution in [2.24, 2.45) is 0 Å². The number of thioether (sulfide) groups is 1. The number of hydrogen-bond acceptors (Lipinski definition) is 4. The molecule has 0 spiro atoms. The molecule has 0 aromatic heterocycles. The number of carboxylic acids is 1. The molecule has 0 heterocycles. The minimum absolute atomic E-state index is 0.127. The third kappa shape index (κ3) is 7.07. The first-order chi connectivity index (χ1) is 6.06. The number of carbonyl (C=O) groups excluding carboxylic acids is 2. The maximum atomic E-state index is 10.4. The molecule has 0 aromatic carbocycles. The Kier molecular flexibility index (Phi) is 5.62. The van der Waals surface area contributed by atoms with E-state index in [0.717, 1.165) is 16.7 Å². The fourth-order valence-electron chi connectivity index (χ4n) is 0.486. The topological polar surface area (TPSA) is 74.7 Å². The molecule has 5 nitrogen and oxygen atoms in total. The van der Waals surface area contributed by atoms with Gasteiger partial charge in [0.05, 0.1) is 0 Å². The Morgan fingerprint density at radius 2 is 2.15 bits per heavy atom. The summed E-state index contributed by atoms with van der Waals surface area (Å²) in [4.78, 5) is 31.7. The van der Waals surface area contributed by atoms with E-state index in [0.29, 0.717) is 6.41 Å². The molecular formula is C7H9NO4S. The zero-order valence-electron chi connectivity index (χ0n) is 6.97. The van der Waals surface area contributed by atoms with Crippen LogP contribution in [0, 0.1) is 0 Å². The predicted molar refractivity (Wildman–Crippen MR) is 47.8 cm³/mol. The van der Waals surface area contributed by atoms with Crippen LogP contribution in [0.3, 0.4) is 0 Å². The molecular weight excluding hydrogens is 194 g/mol. The first kappa shape index (κ1) is 11.7. The Labute approximate surface area is 79.4 Å². The summed E-state index contributed by atoms with van der Waals surface area (Å²) in [6, 6.07) is 0. The molecule has 1 amide bonds. The highest BCUT2D eigenvalue weighted by molar-refractivity contribution is 8.16. The Bertz CT molecular complexity index is 239. The van der Waals surface area contributed by atoms with Gasteiger partial charge in [-0.2, -0.15) is 0 Å². The quantitative estimate of drug-likeness (QED) is 0.649. The van der Waals surface area contributed by atoms with Gasteiger partial charge in [-0.15, -0.1) is 0 Å². The minimum atomic E-state index is -1.11. The van der Waals surface area contributed by atoms with Crippen LogP contribution >= 0.6 is 11.8 Å². The minimum Gasteiger partial charge on any atom is -0.480 e. The van der Waals surface area contributed by atoms with Crippen molar-refractivity contribution in [2.45, 2.75) is 6.92 Å². The van der Waals surface area contributed by atoms with Gasteiger partial charge in [0.15, 0.2) is 5.12 Å². The molecule has 0 unspecified atom stereocenters. The number of amides is 1. The fourth-order valence-corrected chi connectivity index (χ4v) is 0.895. The number of nitrogens with zero attached hydrogens (tertiary/aromatic N) is 1. The first-order valence-corrected chi connectivity index (χ1v) is 4.21. The van der Waals surface area contributed by atoms with Gasteiger partial charge in [-0.3, -0.25) is 14.4 Å². The lowest BCUT2D eigenvalue weighted by atomic mass is 10.6. The molecule has 0 saturated heterocycles. The number of rotatable bonds is 5. The highest BCUT2D eigenvalue weighted by atomic mass is 32.2. The van der Waals surface area contributed by atoms with Crippen molar-refractivity contribution in [3.63, 3.8) is 0 Å². The van der Waals surface area contributed by atoms with Crippen LogP contribution in [0.15, 0.2) is 11.6 Å². The average molecular weight is 203 g/mol. The Hall–Kier alpha value is -1.30. The van der Waals surface area contributed by atoms with E-state index in [1.54, 1.807) is 0 Å². The zero-order valence-corrected chi connectivity index (χ0v) is 7.78. The summed E-state index contributed by atoms with van der Waals surface area (Å²) >= 11 is 0.889. The van der Waals surface area contributed by atoms with E-state index in [2.05, 4.69) is 0 Å². The van der Waals surface area contributed by atoms with E-state index < -0.39 is 12.5 Å². The van der Waals surface area contributed by atoms with Crippen LogP contribution in [0.25, 0.3) is 0 Å². The molecule has 72 valence electrons. The van der Waals surface area contributed by atoms with Gasteiger partial charge in [0.2, 0.25) is 6.41 Å². The molecule has 0 aliphatic rings. The molecule has 1 N–H and O–H groups in total. The maximum Gasteiger partial charge on any atom is 0.323 e. The van der Waals surface area contributed by atoms with Gasteiger partial charge < -0.3 is 10.0 Å². The van der Waals surface area contributed by atoms with Gasteiger partial charge >= 0.3 is 5.97 Å². The van der Waals surface area contributed by atoms with Crippen LogP contribution in [0.5, 0.6) is 0 Å². The van der Waals surface area contributed by atoms with E-state index >= 15 is 0 Å². The van der Waals surface area contributed by atoms with Crippen LogP contribution < -0.4 is 0 Å². The van der Waals surface area contributed by atoms with Crippen molar-refractivity contribution >= 4 is 29.3 Å². The molecule has 0 radical (unpaired) electrons. The molecule has 0 aliphatic carbocycles. The van der Waals surface area contributed by atoms with Gasteiger partial charge in [-0.25, -0.2) is 0 Å². The van der Waals surface area contributed by atoms with E-state index in [9.17, 15) is 14.4 Å². The molecule has 13 heavy (non-hydrogen) atoms. The third-order valence-electron chi connectivity index (χ3n) is 0.940. The predicted octanol–water partition coefficient (Wildman–Crippen LogP) is 0.280. The lowest BCUT2D eigenvalue weighted by Crippen LogP contribution is -2.22. The lowest BCUT2D eigenvalue weighted by Gasteiger charge is -2.06. The number of carbonyl (C=O) groups is 3. The van der Waals surface area contributed by atoms with Crippen molar-refractivity contribution in [3.8, 4) is 0 Å². The van der Waals surface area contributed by atoms with Crippen LogP contribution in [0.1, 0.15) is 6.92 Å². The zero-order chi connectivity index (χ0) is 10.3. The van der Waals surface area contributed by atoms with Crippen molar-refractivity contribution in [1.82, 2.24) is 4.90 Å². The summed E-state index contributed by atoms with van der Waals surface area (Å²) in [5.41, 5.74) is 0. The standard InChI is InChI=1S/C7H9NO4S/c1-6(10)13-3-2-8(5-9)4-7(11)12/h2-3,5H,4H2,1H3,(H,11,12). The van der Waals surface area contributed by atoms with Crippen LogP contribution in [0.2, 0.25) is 0 Å². The first-order valence-electron chi connectivity index (χ1n) is 3.33. The van der Waals surface area contributed by atoms with E-state index in [-0.39, 0.29) is 5.12 Å². The molecule has 0 aliphatic heterocycles. The van der Waals surface area contributed by atoms with Gasteiger partial charge in [-0.05, 0) is 5.41 Å². The van der Waals surface area contributed by atoms with Crippen LogP contribution in [-0.2, 0) is 14.4 Å². The summed E-state index contributed by atoms with van der Waals surface area (Å²) in [6.07, 6.45) is 1.62. The van der Waals surface area contributed by atoms with Gasteiger partial charge in [-0.1, -0.05) is 11.8 Å². The summed E-state index contributed by atoms with van der Waals surface area (Å²) < 4.78 is 0. The van der Waals surface area contributed by atoms with Gasteiger partial charge in [0.25, 0.3) is 0 Å². The Morgan fingerprint density at radius 3 is 2.54 bits per heavy atom. The van der Waals surface area contributed by atoms with E-state index in [4.69, 9.17) is 5.11 Å². The second-order valence-corrected chi connectivity index (χ2v) is 3.15. The SMILES string of the molecule is CC(=O)SC=CN(C=O)CC(=O)O. The molecule has 6 heteroatoms. The molecule has 0 aromatic rings. The second kappa shape index (κ2) is 6.24. The molecule has 0 atom stereocenters. The van der Waals surface area contributed by atoms with Crippen molar-refractivity contribution < 1.29 is 19.5 Å². The van der Waals surface area contributed by atoms with Crippen LogP contribution in [0.4, 0.5) is 0 Å². The number of hydrogen-bond donors (Lipinski definition) is 1. The van der Waals surface area contributed by atoms with Gasteiger partial charge in [0, 0.05) is 13.1 Å². The molecule has 0 saturated carbocycles. The summed E-state index contributed by atoms with van der Waals surface area (Å²) in [7, 11) is 0. The molecule has 0 rings (SSSR count). The number of carboxylic acid groups (broad SMARTS) is 1. The maximum absolute atomic E-state index is 10.4. The van der Waals surface area contributed by atoms with E-state index in [1.807, 2.05) is 0 Å². The summed E-state index contributed by atoms with van der Waals surface area (Å²) in [6.45, 7) is 0.968. The van der Waals surface area contributed by atoms with Crippen molar-refractivity contribution in [2.75, 3.05) is 6.54 Å². The van der Waals surface area contributed by atoms with Crippen molar-refractivity contribution in [3.05, 3.63) is 11.6 Å². The molecule has 0 fully saturated rings. The highest BCUT2D eigenvalue weighted by Gasteiger charge is 2.02. The Balaban J connectivity index is 3.96. The average Bonchev–Trinajstić information content (AvgIpc) is 2.01.